The van der Waals surface area contributed by atoms with Crippen molar-refractivity contribution in [3.63, 3.8) is 0 Å². The first kappa shape index (κ1) is 23.3. The number of aliphatic hydroxyl groups excluding tert-OH is 2. The summed E-state index contributed by atoms with van der Waals surface area (Å²) in [5.41, 5.74) is 1.97. The molecular weight excluding hydrogens is 384 g/mol. The highest BCUT2D eigenvalue weighted by Gasteiger charge is 2.42. The Morgan fingerprint density at radius 2 is 1.30 bits per heavy atom. The van der Waals surface area contributed by atoms with Gasteiger partial charge in [0.2, 0.25) is 0 Å². The first-order valence-corrected chi connectivity index (χ1v) is 9.65. The third-order valence-electron chi connectivity index (χ3n) is 4.64. The van der Waals surface area contributed by atoms with Crippen LogP contribution in [-0.4, -0.2) is 42.9 Å². The van der Waals surface area contributed by atoms with E-state index in [1.807, 2.05) is 24.3 Å². The maximum atomic E-state index is 10.5. The van der Waals surface area contributed by atoms with Crippen molar-refractivity contribution >= 4 is 0 Å². The number of hydrogen-bond donors (Lipinski definition) is 2. The molecule has 0 aliphatic carbocycles. The van der Waals surface area contributed by atoms with Gasteiger partial charge in [0, 0.05) is 0 Å². The molecule has 1 unspecified atom stereocenters. The summed E-state index contributed by atoms with van der Waals surface area (Å²) in [6.07, 6.45) is 3.73. The van der Waals surface area contributed by atoms with Gasteiger partial charge in [0.15, 0.2) is 23.0 Å². The number of allylic oxidation sites excluding steroid dienone is 2. The van der Waals surface area contributed by atoms with Crippen molar-refractivity contribution in [1.29, 1.82) is 0 Å². The molecule has 0 saturated carbocycles. The predicted octanol–water partition coefficient (Wildman–Crippen LogP) is 3.69. The summed E-state index contributed by atoms with van der Waals surface area (Å²) in [6, 6.07) is 10.7. The SMILES string of the molecule is C=CCc1ccc(OC(CO)(Oc2ccc(CC=C)cc2OC)C(C)O)c(OC)c1. The van der Waals surface area contributed by atoms with Crippen LogP contribution in [0.1, 0.15) is 18.1 Å². The van der Waals surface area contributed by atoms with Crippen molar-refractivity contribution < 1.29 is 29.2 Å². The molecule has 2 rings (SSSR count). The zero-order valence-corrected chi connectivity index (χ0v) is 17.8. The highest BCUT2D eigenvalue weighted by Crippen LogP contribution is 2.37. The van der Waals surface area contributed by atoms with Crippen LogP contribution in [-0.2, 0) is 12.8 Å². The van der Waals surface area contributed by atoms with Crippen molar-refractivity contribution in [2.75, 3.05) is 20.8 Å². The van der Waals surface area contributed by atoms with E-state index in [1.165, 1.54) is 21.1 Å². The molecule has 30 heavy (non-hydrogen) atoms. The lowest BCUT2D eigenvalue weighted by molar-refractivity contribution is -0.202. The molecule has 6 nitrogen and oxygen atoms in total. The molecule has 0 radical (unpaired) electrons. The van der Waals surface area contributed by atoms with E-state index in [1.54, 1.807) is 24.3 Å². The Morgan fingerprint density at radius 1 is 0.867 bits per heavy atom. The molecule has 2 N–H and O–H groups in total. The Morgan fingerprint density at radius 3 is 1.60 bits per heavy atom. The van der Waals surface area contributed by atoms with Crippen LogP contribution in [0.3, 0.4) is 0 Å². The maximum Gasteiger partial charge on any atom is 0.300 e. The summed E-state index contributed by atoms with van der Waals surface area (Å²) in [4.78, 5) is 0. The van der Waals surface area contributed by atoms with Crippen LogP contribution in [0.2, 0.25) is 0 Å². The van der Waals surface area contributed by atoms with Crippen LogP contribution in [0.5, 0.6) is 23.0 Å². The summed E-state index contributed by atoms with van der Waals surface area (Å²) < 4.78 is 22.9. The molecule has 2 aromatic rings. The van der Waals surface area contributed by atoms with E-state index < -0.39 is 18.5 Å². The molecule has 0 aliphatic rings. The van der Waals surface area contributed by atoms with Gasteiger partial charge in [0.1, 0.15) is 12.7 Å². The fraction of sp³-hybridized carbons (Fsp3) is 0.333. The first-order valence-electron chi connectivity index (χ1n) is 9.65. The van der Waals surface area contributed by atoms with E-state index in [-0.39, 0.29) is 0 Å². The highest BCUT2D eigenvalue weighted by molar-refractivity contribution is 5.45. The number of rotatable bonds is 12. The normalized spacial score (nSPS) is 12.0. The quantitative estimate of drug-likeness (QED) is 0.407. The van der Waals surface area contributed by atoms with Crippen LogP contribution >= 0.6 is 0 Å². The minimum atomic E-state index is -1.78. The maximum absolute atomic E-state index is 10.5. The lowest BCUT2D eigenvalue weighted by Gasteiger charge is -2.36. The standard InChI is InChI=1S/C24H30O6/c1-6-8-18-10-12-20(22(14-18)27-4)29-24(16-25,17(3)26)30-21-13-11-19(9-7-2)15-23(21)28-5/h6-7,10-15,17,25-26H,1-2,8-9,16H2,3-5H3. The van der Waals surface area contributed by atoms with Gasteiger partial charge in [-0.25, -0.2) is 0 Å². The molecule has 0 saturated heterocycles. The number of hydrogen-bond acceptors (Lipinski definition) is 6. The molecule has 2 aromatic carbocycles. The summed E-state index contributed by atoms with van der Waals surface area (Å²) in [6.45, 7) is 8.34. The van der Waals surface area contributed by atoms with Crippen molar-refractivity contribution in [1.82, 2.24) is 0 Å². The van der Waals surface area contributed by atoms with Gasteiger partial charge in [-0.15, -0.1) is 13.2 Å². The van der Waals surface area contributed by atoms with E-state index in [2.05, 4.69) is 13.2 Å². The van der Waals surface area contributed by atoms with Crippen molar-refractivity contribution in [3.05, 3.63) is 72.8 Å². The zero-order chi connectivity index (χ0) is 22.1. The van der Waals surface area contributed by atoms with Gasteiger partial charge in [-0.05, 0) is 55.2 Å². The van der Waals surface area contributed by atoms with Crippen LogP contribution in [0.4, 0.5) is 0 Å². The lowest BCUT2D eigenvalue weighted by Crippen LogP contribution is -2.54. The van der Waals surface area contributed by atoms with Gasteiger partial charge < -0.3 is 29.2 Å². The monoisotopic (exact) mass is 414 g/mol. The van der Waals surface area contributed by atoms with E-state index in [9.17, 15) is 10.2 Å². The molecular formula is C24H30O6. The minimum Gasteiger partial charge on any atom is -0.493 e. The third kappa shape index (κ3) is 5.34. The van der Waals surface area contributed by atoms with Crippen molar-refractivity contribution in [2.24, 2.45) is 0 Å². The zero-order valence-electron chi connectivity index (χ0n) is 17.8. The van der Waals surface area contributed by atoms with Crippen molar-refractivity contribution in [2.45, 2.75) is 31.7 Å². The van der Waals surface area contributed by atoms with Gasteiger partial charge in [-0.1, -0.05) is 24.3 Å². The van der Waals surface area contributed by atoms with Crippen LogP contribution in [0.25, 0.3) is 0 Å². The van der Waals surface area contributed by atoms with E-state index in [0.29, 0.717) is 35.8 Å². The van der Waals surface area contributed by atoms with E-state index in [4.69, 9.17) is 18.9 Å². The Bertz CT molecular complexity index is 795. The largest absolute Gasteiger partial charge is 0.493 e. The molecule has 162 valence electrons. The van der Waals surface area contributed by atoms with Crippen molar-refractivity contribution in [3.8, 4) is 23.0 Å². The van der Waals surface area contributed by atoms with Gasteiger partial charge in [0.25, 0.3) is 5.79 Å². The second-order valence-electron chi connectivity index (χ2n) is 6.81. The summed E-state index contributed by atoms with van der Waals surface area (Å²) >= 11 is 0. The molecule has 1 atom stereocenters. The summed E-state index contributed by atoms with van der Waals surface area (Å²) in [5, 5.41) is 20.6. The summed E-state index contributed by atoms with van der Waals surface area (Å²) in [5.74, 6) is -0.236. The number of ether oxygens (including phenoxy) is 4. The van der Waals surface area contributed by atoms with E-state index in [0.717, 1.165) is 11.1 Å². The second kappa shape index (κ2) is 10.7. The smallest absolute Gasteiger partial charge is 0.300 e. The molecule has 0 spiro atoms. The molecule has 0 fully saturated rings. The Kier molecular flexibility index (Phi) is 8.33. The topological polar surface area (TPSA) is 77.4 Å². The highest BCUT2D eigenvalue weighted by atomic mass is 16.7. The van der Waals surface area contributed by atoms with Crippen LogP contribution in [0.15, 0.2) is 61.7 Å². The summed E-state index contributed by atoms with van der Waals surface area (Å²) in [7, 11) is 3.04. The van der Waals surface area contributed by atoms with Gasteiger partial charge in [-0.2, -0.15) is 0 Å². The third-order valence-corrected chi connectivity index (χ3v) is 4.64. The van der Waals surface area contributed by atoms with Gasteiger partial charge in [-0.3, -0.25) is 0 Å². The van der Waals surface area contributed by atoms with Gasteiger partial charge in [0.05, 0.1) is 14.2 Å². The fourth-order valence-electron chi connectivity index (χ4n) is 2.94. The molecule has 0 aromatic heterocycles. The second-order valence-corrected chi connectivity index (χ2v) is 6.81. The Labute approximate surface area is 178 Å². The predicted molar refractivity (Wildman–Crippen MR) is 117 cm³/mol. The number of aliphatic hydroxyl groups is 2. The average molecular weight is 414 g/mol. The minimum absolute atomic E-state index is 0.322. The molecule has 0 amide bonds. The number of benzene rings is 2. The van der Waals surface area contributed by atoms with Crippen LogP contribution in [0, 0.1) is 0 Å². The molecule has 0 heterocycles. The van der Waals surface area contributed by atoms with Gasteiger partial charge >= 0.3 is 0 Å². The number of methoxy groups -OCH3 is 2. The Hall–Kier alpha value is -2.96. The lowest BCUT2D eigenvalue weighted by atomic mass is 10.1. The molecule has 0 bridgehead atoms. The molecule has 6 heteroatoms. The van der Waals surface area contributed by atoms with E-state index >= 15 is 0 Å². The molecule has 0 aliphatic heterocycles. The average Bonchev–Trinajstić information content (AvgIpc) is 2.75. The van der Waals surface area contributed by atoms with Crippen LogP contribution < -0.4 is 18.9 Å². The first-order chi connectivity index (χ1) is 14.4. The fourth-order valence-corrected chi connectivity index (χ4v) is 2.94. The Balaban J connectivity index is 2.42.